The van der Waals surface area contributed by atoms with Gasteiger partial charge >= 0.3 is 0 Å². The Bertz CT molecular complexity index is 418. The first-order valence-corrected chi connectivity index (χ1v) is 6.80. The third-order valence-corrected chi connectivity index (χ3v) is 3.81. The van der Waals surface area contributed by atoms with Crippen LogP contribution in [-0.2, 0) is 9.53 Å². The van der Waals surface area contributed by atoms with Crippen LogP contribution >= 0.6 is 0 Å². The predicted octanol–water partition coefficient (Wildman–Crippen LogP) is 2.12. The maximum atomic E-state index is 12.0. The van der Waals surface area contributed by atoms with Crippen molar-refractivity contribution in [2.24, 2.45) is 0 Å². The van der Waals surface area contributed by atoms with E-state index in [1.807, 2.05) is 10.7 Å². The number of nitrogens with one attached hydrogen (secondary N) is 1. The lowest BCUT2D eigenvalue weighted by molar-refractivity contribution is -0.124. The summed E-state index contributed by atoms with van der Waals surface area (Å²) in [5.74, 6) is 0.773. The maximum absolute atomic E-state index is 12.0. The minimum Gasteiger partial charge on any atom is -0.368 e. The van der Waals surface area contributed by atoms with Crippen molar-refractivity contribution >= 4 is 11.7 Å². The standard InChI is InChI=1S/C13H19N3O2/c17-13(11-6-3-9-18-11)15-12-7-8-14-16(12)10-4-1-2-5-10/h7-8,10-11H,1-6,9H2,(H,15,17)/t11-/m0/s1. The largest absolute Gasteiger partial charge is 0.368 e. The number of ether oxygens (including phenoxy) is 1. The predicted molar refractivity (Wildman–Crippen MR) is 67.3 cm³/mol. The number of hydrogen-bond donors (Lipinski definition) is 1. The molecule has 18 heavy (non-hydrogen) atoms. The maximum Gasteiger partial charge on any atom is 0.254 e. The van der Waals surface area contributed by atoms with Gasteiger partial charge in [-0.2, -0.15) is 5.10 Å². The monoisotopic (exact) mass is 249 g/mol. The van der Waals surface area contributed by atoms with Crippen LogP contribution in [0.2, 0.25) is 0 Å². The van der Waals surface area contributed by atoms with E-state index in [1.54, 1.807) is 6.20 Å². The van der Waals surface area contributed by atoms with Crippen LogP contribution in [-0.4, -0.2) is 28.4 Å². The molecule has 0 aromatic carbocycles. The third-order valence-electron chi connectivity index (χ3n) is 3.81. The van der Waals surface area contributed by atoms with Crippen LogP contribution in [0.25, 0.3) is 0 Å². The molecule has 1 saturated heterocycles. The Morgan fingerprint density at radius 2 is 2.17 bits per heavy atom. The zero-order valence-corrected chi connectivity index (χ0v) is 10.5. The van der Waals surface area contributed by atoms with E-state index in [4.69, 9.17) is 4.74 Å². The molecule has 5 nitrogen and oxygen atoms in total. The molecule has 1 aliphatic heterocycles. The van der Waals surface area contributed by atoms with E-state index in [0.717, 1.165) is 31.5 Å². The van der Waals surface area contributed by atoms with Gasteiger partial charge in [0.15, 0.2) is 0 Å². The first kappa shape index (κ1) is 11.7. The molecule has 0 spiro atoms. The summed E-state index contributed by atoms with van der Waals surface area (Å²) in [5.41, 5.74) is 0. The number of nitrogens with zero attached hydrogens (tertiary/aromatic N) is 2. The molecule has 1 atom stereocenters. The molecule has 98 valence electrons. The van der Waals surface area contributed by atoms with Gasteiger partial charge in [-0.1, -0.05) is 12.8 Å². The summed E-state index contributed by atoms with van der Waals surface area (Å²) in [6.45, 7) is 0.694. The molecule has 3 rings (SSSR count). The number of rotatable bonds is 3. The highest BCUT2D eigenvalue weighted by Gasteiger charge is 2.26. The highest BCUT2D eigenvalue weighted by Crippen LogP contribution is 2.31. The van der Waals surface area contributed by atoms with Crippen molar-refractivity contribution < 1.29 is 9.53 Å². The highest BCUT2D eigenvalue weighted by molar-refractivity contribution is 5.93. The number of hydrogen-bond acceptors (Lipinski definition) is 3. The fraction of sp³-hybridized carbons (Fsp3) is 0.692. The molecule has 1 aromatic heterocycles. The van der Waals surface area contributed by atoms with E-state index in [1.165, 1.54) is 12.8 Å². The van der Waals surface area contributed by atoms with Crippen molar-refractivity contribution in [2.75, 3.05) is 11.9 Å². The summed E-state index contributed by atoms with van der Waals surface area (Å²) in [4.78, 5) is 12.0. The Kier molecular flexibility index (Phi) is 3.32. The van der Waals surface area contributed by atoms with E-state index in [9.17, 15) is 4.79 Å². The van der Waals surface area contributed by atoms with Crippen LogP contribution in [0.15, 0.2) is 12.3 Å². The van der Waals surface area contributed by atoms with Gasteiger partial charge in [-0.15, -0.1) is 0 Å². The van der Waals surface area contributed by atoms with Gasteiger partial charge in [0.25, 0.3) is 5.91 Å². The summed E-state index contributed by atoms with van der Waals surface area (Å²) >= 11 is 0. The molecule has 1 amide bonds. The van der Waals surface area contributed by atoms with Crippen molar-refractivity contribution in [1.29, 1.82) is 0 Å². The molecule has 1 aromatic rings. The van der Waals surface area contributed by atoms with E-state index >= 15 is 0 Å². The SMILES string of the molecule is O=C(Nc1ccnn1C1CCCC1)[C@@H]1CCCO1. The Morgan fingerprint density at radius 3 is 2.89 bits per heavy atom. The minimum atomic E-state index is -0.281. The Labute approximate surface area is 107 Å². The zero-order chi connectivity index (χ0) is 12.4. The van der Waals surface area contributed by atoms with Crippen LogP contribution < -0.4 is 5.32 Å². The van der Waals surface area contributed by atoms with Crippen LogP contribution in [0.1, 0.15) is 44.6 Å². The summed E-state index contributed by atoms with van der Waals surface area (Å²) < 4.78 is 7.35. The van der Waals surface area contributed by atoms with Gasteiger partial charge in [0, 0.05) is 12.7 Å². The first-order chi connectivity index (χ1) is 8.84. The topological polar surface area (TPSA) is 56.2 Å². The third kappa shape index (κ3) is 2.27. The molecule has 0 radical (unpaired) electrons. The molecule has 0 bridgehead atoms. The quantitative estimate of drug-likeness (QED) is 0.892. The van der Waals surface area contributed by atoms with Gasteiger partial charge < -0.3 is 10.1 Å². The van der Waals surface area contributed by atoms with Gasteiger partial charge in [0.2, 0.25) is 0 Å². The number of carbonyl (C=O) groups excluding carboxylic acids is 1. The second-order valence-electron chi connectivity index (χ2n) is 5.09. The number of aromatic nitrogens is 2. The second-order valence-corrected chi connectivity index (χ2v) is 5.09. The summed E-state index contributed by atoms with van der Waals surface area (Å²) in [6.07, 6.45) is 8.09. The van der Waals surface area contributed by atoms with E-state index in [0.29, 0.717) is 12.6 Å². The van der Waals surface area contributed by atoms with Crippen LogP contribution in [0.4, 0.5) is 5.82 Å². The molecule has 1 N–H and O–H groups in total. The van der Waals surface area contributed by atoms with Crippen molar-refractivity contribution in [1.82, 2.24) is 9.78 Å². The molecule has 1 saturated carbocycles. The molecule has 2 aliphatic rings. The lowest BCUT2D eigenvalue weighted by Crippen LogP contribution is -2.28. The summed E-state index contributed by atoms with van der Waals surface area (Å²) in [6, 6.07) is 2.31. The average molecular weight is 249 g/mol. The Morgan fingerprint density at radius 1 is 1.33 bits per heavy atom. The molecular weight excluding hydrogens is 230 g/mol. The van der Waals surface area contributed by atoms with E-state index in [2.05, 4.69) is 10.4 Å². The number of amides is 1. The summed E-state index contributed by atoms with van der Waals surface area (Å²) in [7, 11) is 0. The fourth-order valence-electron chi connectivity index (χ4n) is 2.84. The average Bonchev–Trinajstić information content (AvgIpc) is 3.11. The van der Waals surface area contributed by atoms with E-state index in [-0.39, 0.29) is 12.0 Å². The molecule has 5 heteroatoms. The fourth-order valence-corrected chi connectivity index (χ4v) is 2.84. The molecule has 1 aliphatic carbocycles. The van der Waals surface area contributed by atoms with Gasteiger partial charge in [-0.05, 0) is 25.7 Å². The van der Waals surface area contributed by atoms with Gasteiger partial charge in [-0.3, -0.25) is 4.79 Å². The van der Waals surface area contributed by atoms with E-state index < -0.39 is 0 Å². The lowest BCUT2D eigenvalue weighted by Gasteiger charge is -2.16. The van der Waals surface area contributed by atoms with Crippen LogP contribution in [0, 0.1) is 0 Å². The minimum absolute atomic E-state index is 0.0350. The summed E-state index contributed by atoms with van der Waals surface area (Å²) in [5, 5.41) is 7.28. The Balaban J connectivity index is 1.68. The lowest BCUT2D eigenvalue weighted by atomic mass is 10.2. The number of anilines is 1. The van der Waals surface area contributed by atoms with Crippen molar-refractivity contribution in [3.8, 4) is 0 Å². The Hall–Kier alpha value is -1.36. The van der Waals surface area contributed by atoms with Crippen molar-refractivity contribution in [3.63, 3.8) is 0 Å². The first-order valence-electron chi connectivity index (χ1n) is 6.80. The molecular formula is C13H19N3O2. The molecule has 2 heterocycles. The number of carbonyl (C=O) groups is 1. The molecule has 0 unspecified atom stereocenters. The smallest absolute Gasteiger partial charge is 0.254 e. The van der Waals surface area contributed by atoms with Crippen molar-refractivity contribution in [3.05, 3.63) is 12.3 Å². The normalized spacial score (nSPS) is 24.6. The molecule has 2 fully saturated rings. The zero-order valence-electron chi connectivity index (χ0n) is 10.5. The van der Waals surface area contributed by atoms with Crippen molar-refractivity contribution in [2.45, 2.75) is 50.7 Å². The van der Waals surface area contributed by atoms with Gasteiger partial charge in [0.05, 0.1) is 12.2 Å². The van der Waals surface area contributed by atoms with Gasteiger partial charge in [0.1, 0.15) is 11.9 Å². The van der Waals surface area contributed by atoms with Crippen LogP contribution in [0.3, 0.4) is 0 Å². The highest BCUT2D eigenvalue weighted by atomic mass is 16.5. The second kappa shape index (κ2) is 5.10. The van der Waals surface area contributed by atoms with Gasteiger partial charge in [-0.25, -0.2) is 4.68 Å². The van der Waals surface area contributed by atoms with Crippen LogP contribution in [0.5, 0.6) is 0 Å².